The molecule has 3 rings (SSSR count). The minimum atomic E-state index is -0.691. The molecule has 1 aromatic carbocycles. The molecule has 0 spiro atoms. The van der Waals surface area contributed by atoms with Crippen LogP contribution < -0.4 is 0 Å². The fourth-order valence-corrected chi connectivity index (χ4v) is 4.59. The smallest absolute Gasteiger partial charge is 0.277 e. The predicted molar refractivity (Wildman–Crippen MR) is 109 cm³/mol. The van der Waals surface area contributed by atoms with Gasteiger partial charge in [0.15, 0.2) is 0 Å². The van der Waals surface area contributed by atoms with Crippen molar-refractivity contribution in [2.24, 2.45) is 0 Å². The molecule has 7 heteroatoms. The third-order valence-electron chi connectivity index (χ3n) is 5.36. The minimum Gasteiger partial charge on any atom is -0.411 e. The van der Waals surface area contributed by atoms with E-state index < -0.39 is 10.8 Å². The third kappa shape index (κ3) is 4.22. The molecule has 0 radical (unpaired) electrons. The highest BCUT2D eigenvalue weighted by Crippen LogP contribution is 2.35. The Kier molecular flexibility index (Phi) is 6.09. The third-order valence-corrected chi connectivity index (χ3v) is 6.28. The summed E-state index contributed by atoms with van der Waals surface area (Å²) in [6.45, 7) is 5.86. The number of carbonyl (C=O) groups excluding carboxylic acids is 1. The number of hydrogen-bond donors (Lipinski definition) is 0. The van der Waals surface area contributed by atoms with Crippen molar-refractivity contribution in [2.75, 3.05) is 7.05 Å². The number of thioether (sulfide) groups is 1. The Labute approximate surface area is 170 Å². The molecule has 1 atom stereocenters. The van der Waals surface area contributed by atoms with Crippen molar-refractivity contribution in [3.63, 3.8) is 0 Å². The maximum Gasteiger partial charge on any atom is 0.277 e. The maximum absolute atomic E-state index is 12.9. The van der Waals surface area contributed by atoms with Crippen molar-refractivity contribution in [1.29, 1.82) is 5.26 Å². The SMILES string of the molecule is Cc1cc(C)cc(-c2nnc(S[C@H](C)C(=O)N(C)C3(C#N)CCCCC3)o2)c1. The number of benzene rings is 1. The van der Waals surface area contributed by atoms with Crippen molar-refractivity contribution >= 4 is 17.7 Å². The fourth-order valence-electron chi connectivity index (χ4n) is 3.82. The Morgan fingerprint density at radius 2 is 1.86 bits per heavy atom. The molecule has 1 aliphatic carbocycles. The van der Waals surface area contributed by atoms with Crippen LogP contribution in [0.3, 0.4) is 0 Å². The van der Waals surface area contributed by atoms with E-state index in [2.05, 4.69) is 22.3 Å². The molecule has 0 unspecified atom stereocenters. The van der Waals surface area contributed by atoms with Gasteiger partial charge in [-0.1, -0.05) is 48.2 Å². The molecule has 1 aromatic heterocycles. The van der Waals surface area contributed by atoms with Gasteiger partial charge >= 0.3 is 0 Å². The number of amides is 1. The van der Waals surface area contributed by atoms with Crippen molar-refractivity contribution in [3.05, 3.63) is 29.3 Å². The molecule has 1 heterocycles. The average Bonchev–Trinajstić information content (AvgIpc) is 3.15. The van der Waals surface area contributed by atoms with E-state index in [0.29, 0.717) is 11.1 Å². The zero-order chi connectivity index (χ0) is 20.3. The maximum atomic E-state index is 12.9. The lowest BCUT2D eigenvalue weighted by Gasteiger charge is -2.39. The Hall–Kier alpha value is -2.33. The van der Waals surface area contributed by atoms with Crippen LogP contribution in [0.1, 0.15) is 50.2 Å². The molecule has 1 amide bonds. The highest BCUT2D eigenvalue weighted by Gasteiger charge is 2.40. The lowest BCUT2D eigenvalue weighted by Crippen LogP contribution is -2.52. The first kappa shape index (κ1) is 20.4. The van der Waals surface area contributed by atoms with Crippen LogP contribution in [0.4, 0.5) is 0 Å². The number of nitrogens with zero attached hydrogens (tertiary/aromatic N) is 4. The number of nitriles is 1. The standard InChI is InChI=1S/C21H26N4O2S/c1-14-10-15(2)12-17(11-14)18-23-24-20(27-18)28-16(3)19(26)25(4)21(13-22)8-6-5-7-9-21/h10-12,16H,5-9H2,1-4H3/t16-/m1/s1. The zero-order valence-corrected chi connectivity index (χ0v) is 17.7. The molecule has 0 saturated heterocycles. The highest BCUT2D eigenvalue weighted by atomic mass is 32.2. The summed E-state index contributed by atoms with van der Waals surface area (Å²) in [7, 11) is 1.74. The van der Waals surface area contributed by atoms with Gasteiger partial charge in [-0.2, -0.15) is 5.26 Å². The molecule has 28 heavy (non-hydrogen) atoms. The summed E-state index contributed by atoms with van der Waals surface area (Å²) < 4.78 is 5.78. The lowest BCUT2D eigenvalue weighted by molar-refractivity contribution is -0.133. The highest BCUT2D eigenvalue weighted by molar-refractivity contribution is 8.00. The molecular weight excluding hydrogens is 372 g/mol. The van der Waals surface area contributed by atoms with E-state index >= 15 is 0 Å². The molecule has 2 aromatic rings. The Bertz CT molecular complexity index is 876. The summed E-state index contributed by atoms with van der Waals surface area (Å²) in [6, 6.07) is 8.48. The zero-order valence-electron chi connectivity index (χ0n) is 16.9. The van der Waals surface area contributed by atoms with Crippen LogP contribution >= 0.6 is 11.8 Å². The van der Waals surface area contributed by atoms with Crippen molar-refractivity contribution < 1.29 is 9.21 Å². The normalized spacial score (nSPS) is 17.0. The van der Waals surface area contributed by atoms with Crippen LogP contribution in [0.5, 0.6) is 0 Å². The van der Waals surface area contributed by atoms with Crippen molar-refractivity contribution in [2.45, 2.75) is 68.9 Å². The van der Waals surface area contributed by atoms with Gasteiger partial charge in [0.25, 0.3) is 5.22 Å². The second kappa shape index (κ2) is 8.36. The molecule has 0 N–H and O–H groups in total. The molecule has 1 saturated carbocycles. The summed E-state index contributed by atoms with van der Waals surface area (Å²) in [5.41, 5.74) is 2.44. The summed E-state index contributed by atoms with van der Waals surface area (Å²) in [6.07, 6.45) is 4.56. The number of rotatable bonds is 5. The van der Waals surface area contributed by atoms with Gasteiger partial charge in [-0.05, 0) is 45.7 Å². The second-order valence-corrected chi connectivity index (χ2v) is 8.90. The number of carbonyl (C=O) groups is 1. The number of hydrogen-bond acceptors (Lipinski definition) is 6. The number of aromatic nitrogens is 2. The largest absolute Gasteiger partial charge is 0.411 e. The Morgan fingerprint density at radius 3 is 2.46 bits per heavy atom. The molecule has 0 aliphatic heterocycles. The van der Waals surface area contributed by atoms with Gasteiger partial charge in [0.2, 0.25) is 11.8 Å². The Balaban J connectivity index is 1.71. The molecule has 6 nitrogen and oxygen atoms in total. The van der Waals surface area contributed by atoms with E-state index in [4.69, 9.17) is 4.42 Å². The topological polar surface area (TPSA) is 83.0 Å². The summed E-state index contributed by atoms with van der Waals surface area (Å²) in [5, 5.41) is 17.9. The molecule has 1 fully saturated rings. The Morgan fingerprint density at radius 1 is 1.21 bits per heavy atom. The second-order valence-electron chi connectivity index (χ2n) is 7.61. The first-order valence-electron chi connectivity index (χ1n) is 9.62. The summed E-state index contributed by atoms with van der Waals surface area (Å²) in [5.74, 6) is 0.364. The number of aryl methyl sites for hydroxylation is 2. The predicted octanol–water partition coefficient (Wildman–Crippen LogP) is 4.52. The van der Waals surface area contributed by atoms with Gasteiger partial charge in [0.1, 0.15) is 5.54 Å². The van der Waals surface area contributed by atoms with E-state index in [1.807, 2.05) is 32.9 Å². The molecular formula is C21H26N4O2S. The van der Waals surface area contributed by atoms with Crippen LogP contribution in [-0.4, -0.2) is 38.8 Å². The van der Waals surface area contributed by atoms with E-state index in [-0.39, 0.29) is 5.91 Å². The quantitative estimate of drug-likeness (QED) is 0.689. The first-order valence-corrected chi connectivity index (χ1v) is 10.5. The van der Waals surface area contributed by atoms with E-state index in [1.165, 1.54) is 11.8 Å². The van der Waals surface area contributed by atoms with Gasteiger partial charge in [-0.3, -0.25) is 4.79 Å². The minimum absolute atomic E-state index is 0.0837. The average molecular weight is 399 g/mol. The van der Waals surface area contributed by atoms with E-state index in [9.17, 15) is 10.1 Å². The molecule has 1 aliphatic rings. The van der Waals surface area contributed by atoms with E-state index in [1.54, 1.807) is 11.9 Å². The van der Waals surface area contributed by atoms with Crippen LogP contribution in [0.15, 0.2) is 27.8 Å². The lowest BCUT2D eigenvalue weighted by atomic mass is 9.81. The van der Waals surface area contributed by atoms with E-state index in [0.717, 1.165) is 48.8 Å². The van der Waals surface area contributed by atoms with Gasteiger partial charge < -0.3 is 9.32 Å². The fraction of sp³-hybridized carbons (Fsp3) is 0.524. The van der Waals surface area contributed by atoms with Crippen LogP contribution in [-0.2, 0) is 4.79 Å². The van der Waals surface area contributed by atoms with Gasteiger partial charge in [0.05, 0.1) is 11.3 Å². The van der Waals surface area contributed by atoms with Crippen molar-refractivity contribution in [3.8, 4) is 17.5 Å². The van der Waals surface area contributed by atoms with Gasteiger partial charge in [-0.25, -0.2) is 0 Å². The van der Waals surface area contributed by atoms with Crippen LogP contribution in [0.25, 0.3) is 11.5 Å². The van der Waals surface area contributed by atoms with Crippen molar-refractivity contribution in [1.82, 2.24) is 15.1 Å². The van der Waals surface area contributed by atoms with Gasteiger partial charge in [0, 0.05) is 12.6 Å². The van der Waals surface area contributed by atoms with Crippen LogP contribution in [0, 0.1) is 25.2 Å². The molecule has 0 bridgehead atoms. The first-order chi connectivity index (χ1) is 13.3. The van der Waals surface area contributed by atoms with Gasteiger partial charge in [-0.15, -0.1) is 10.2 Å². The monoisotopic (exact) mass is 398 g/mol. The summed E-state index contributed by atoms with van der Waals surface area (Å²) in [4.78, 5) is 14.6. The summed E-state index contributed by atoms with van der Waals surface area (Å²) >= 11 is 1.24. The van der Waals surface area contributed by atoms with Crippen LogP contribution in [0.2, 0.25) is 0 Å². The molecule has 148 valence electrons.